The summed E-state index contributed by atoms with van der Waals surface area (Å²) in [6, 6.07) is 8.05. The first-order chi connectivity index (χ1) is 16.2. The van der Waals surface area contributed by atoms with Gasteiger partial charge in [-0.2, -0.15) is 5.01 Å². The average Bonchev–Trinajstić information content (AvgIpc) is 2.83. The van der Waals surface area contributed by atoms with Crippen molar-refractivity contribution in [2.24, 2.45) is 16.4 Å². The van der Waals surface area contributed by atoms with Gasteiger partial charge in [-0.15, -0.1) is 0 Å². The molecule has 0 heterocycles. The van der Waals surface area contributed by atoms with E-state index in [4.69, 9.17) is 0 Å². The molecule has 0 aliphatic carbocycles. The molecule has 188 valence electrons. The largest absolute Gasteiger partial charge is 0.357 e. The van der Waals surface area contributed by atoms with Gasteiger partial charge in [-0.05, 0) is 44.6 Å². The van der Waals surface area contributed by atoms with Crippen LogP contribution in [-0.4, -0.2) is 71.3 Å². The summed E-state index contributed by atoms with van der Waals surface area (Å²) in [5.41, 5.74) is 1.10. The summed E-state index contributed by atoms with van der Waals surface area (Å²) in [7, 11) is 2.95. The molecule has 3 N–H and O–H groups in total. The number of benzene rings is 1. The molecule has 0 saturated heterocycles. The van der Waals surface area contributed by atoms with Crippen LogP contribution < -0.4 is 10.6 Å². The Kier molecular flexibility index (Phi) is 12.8. The fraction of sp³-hybridized carbons (Fsp3) is 0.571. The standard InChI is InChI=1S/C21H33N7O6/c1-16(27(32)15-29)18(12-7-11-17-9-5-4-6-10-17)20(30)23-19(21(31)22-2)13-8-14-26(3)24-25-28(33)34/h4-6,9-10,15-16,18-19,32H,7-8,11-14H2,1-3H3,(H,22,31)(H,23,30)/t16-,18+,19-/m0/s1. The van der Waals surface area contributed by atoms with E-state index in [0.29, 0.717) is 30.7 Å². The molecular formula is C21H33N7O6. The number of carbonyl (C=O) groups excluding carboxylic acids is 3. The molecule has 3 amide bonds. The molecular weight excluding hydrogens is 446 g/mol. The van der Waals surface area contributed by atoms with Gasteiger partial charge < -0.3 is 20.7 Å². The van der Waals surface area contributed by atoms with Crippen LogP contribution in [0.5, 0.6) is 0 Å². The van der Waals surface area contributed by atoms with E-state index >= 15 is 0 Å². The van der Waals surface area contributed by atoms with E-state index in [1.807, 2.05) is 30.3 Å². The first-order valence-corrected chi connectivity index (χ1v) is 10.9. The highest BCUT2D eigenvalue weighted by atomic mass is 16.7. The first kappa shape index (κ1) is 28.4. The third-order valence-electron chi connectivity index (χ3n) is 5.39. The Bertz CT molecular complexity index is 823. The van der Waals surface area contributed by atoms with Gasteiger partial charge in [0.1, 0.15) is 6.04 Å². The van der Waals surface area contributed by atoms with Crippen molar-refractivity contribution >= 4 is 18.2 Å². The molecule has 1 rings (SSSR count). The van der Waals surface area contributed by atoms with E-state index < -0.39 is 34.8 Å². The highest BCUT2D eigenvalue weighted by Crippen LogP contribution is 2.18. The molecule has 34 heavy (non-hydrogen) atoms. The normalized spacial score (nSPS) is 13.5. The molecule has 0 aliphatic heterocycles. The minimum Gasteiger partial charge on any atom is -0.357 e. The van der Waals surface area contributed by atoms with Crippen LogP contribution in [-0.2, 0) is 20.8 Å². The highest BCUT2D eigenvalue weighted by Gasteiger charge is 2.31. The summed E-state index contributed by atoms with van der Waals surface area (Å²) in [6.45, 7) is 1.83. The first-order valence-electron chi connectivity index (χ1n) is 10.9. The SMILES string of the molecule is CNC(=O)[C@H](CCCN(C)N=N[N+](=O)[O-])NC(=O)[C@H](CCCc1ccccc1)[C@H](C)N(O)C=O. The Morgan fingerprint density at radius 1 is 1.21 bits per heavy atom. The molecule has 0 spiro atoms. The number of amides is 3. The van der Waals surface area contributed by atoms with Gasteiger partial charge in [0.15, 0.2) is 5.22 Å². The Morgan fingerprint density at radius 3 is 2.47 bits per heavy atom. The van der Waals surface area contributed by atoms with E-state index in [1.54, 1.807) is 6.92 Å². The van der Waals surface area contributed by atoms with Crippen LogP contribution >= 0.6 is 0 Å². The number of hydrogen-bond acceptors (Lipinski definition) is 7. The summed E-state index contributed by atoms with van der Waals surface area (Å²) >= 11 is 0. The van der Waals surface area contributed by atoms with Crippen molar-refractivity contribution < 1.29 is 24.6 Å². The molecule has 0 bridgehead atoms. The Balaban J connectivity index is 2.80. The number of aryl methyl sites for hydroxylation is 1. The summed E-state index contributed by atoms with van der Waals surface area (Å²) in [5.74, 6) is -1.62. The molecule has 0 radical (unpaired) electrons. The molecule has 0 unspecified atom stereocenters. The second kappa shape index (κ2) is 15.3. The number of likely N-dealkylation sites (N-methyl/N-ethyl adjacent to an activating group) is 1. The third kappa shape index (κ3) is 10.3. The Hall–Kier alpha value is -3.61. The fourth-order valence-corrected chi connectivity index (χ4v) is 3.43. The number of hydroxylamine groups is 2. The van der Waals surface area contributed by atoms with E-state index in [-0.39, 0.29) is 19.4 Å². The summed E-state index contributed by atoms with van der Waals surface area (Å²) in [6.07, 6.45) is 2.61. The van der Waals surface area contributed by atoms with Gasteiger partial charge in [-0.3, -0.25) is 19.6 Å². The maximum atomic E-state index is 13.1. The number of carbonyl (C=O) groups is 3. The number of hydrogen-bond donors (Lipinski definition) is 3. The van der Waals surface area contributed by atoms with Crippen LogP contribution in [0.4, 0.5) is 0 Å². The average molecular weight is 480 g/mol. The monoisotopic (exact) mass is 479 g/mol. The van der Waals surface area contributed by atoms with E-state index in [2.05, 4.69) is 21.1 Å². The molecule has 1 aromatic rings. The minimum absolute atomic E-state index is 0.241. The second-order valence-corrected chi connectivity index (χ2v) is 7.83. The fourth-order valence-electron chi connectivity index (χ4n) is 3.43. The summed E-state index contributed by atoms with van der Waals surface area (Å²) < 4.78 is 0. The van der Waals surface area contributed by atoms with Crippen molar-refractivity contribution in [2.75, 3.05) is 20.6 Å². The van der Waals surface area contributed by atoms with Gasteiger partial charge in [-0.25, -0.2) is 5.06 Å². The lowest BCUT2D eigenvalue weighted by molar-refractivity contribution is -0.496. The van der Waals surface area contributed by atoms with E-state index in [9.17, 15) is 29.7 Å². The van der Waals surface area contributed by atoms with Crippen molar-refractivity contribution in [3.05, 3.63) is 46.0 Å². The lowest BCUT2D eigenvalue weighted by Crippen LogP contribution is -2.51. The Morgan fingerprint density at radius 2 is 1.88 bits per heavy atom. The minimum atomic E-state index is -0.924. The quantitative estimate of drug-likeness (QED) is 0.106. The number of nitrogens with zero attached hydrogens (tertiary/aromatic N) is 5. The van der Waals surface area contributed by atoms with Crippen molar-refractivity contribution in [3.63, 3.8) is 0 Å². The van der Waals surface area contributed by atoms with E-state index in [1.165, 1.54) is 19.1 Å². The van der Waals surface area contributed by atoms with Gasteiger partial charge in [-0.1, -0.05) is 30.3 Å². The van der Waals surface area contributed by atoms with Crippen LogP contribution in [0.1, 0.15) is 38.2 Å². The highest BCUT2D eigenvalue weighted by molar-refractivity contribution is 5.88. The lowest BCUT2D eigenvalue weighted by atomic mass is 9.92. The maximum absolute atomic E-state index is 13.1. The van der Waals surface area contributed by atoms with Crippen LogP contribution in [0.3, 0.4) is 0 Å². The van der Waals surface area contributed by atoms with Gasteiger partial charge in [0.05, 0.1) is 23.5 Å². The molecule has 13 heteroatoms. The molecule has 0 fully saturated rings. The second-order valence-electron chi connectivity index (χ2n) is 7.83. The zero-order valence-corrected chi connectivity index (χ0v) is 19.7. The van der Waals surface area contributed by atoms with Crippen molar-refractivity contribution in [3.8, 4) is 0 Å². The zero-order chi connectivity index (χ0) is 25.5. The van der Waals surface area contributed by atoms with Crippen molar-refractivity contribution in [1.29, 1.82) is 0 Å². The molecule has 0 saturated carbocycles. The van der Waals surface area contributed by atoms with Gasteiger partial charge in [0, 0.05) is 14.1 Å². The number of rotatable bonds is 16. The van der Waals surface area contributed by atoms with Gasteiger partial charge in [0.2, 0.25) is 23.4 Å². The summed E-state index contributed by atoms with van der Waals surface area (Å²) in [4.78, 5) is 46.7. The molecule has 1 aromatic carbocycles. The Labute approximate surface area is 198 Å². The molecule has 3 atom stereocenters. The van der Waals surface area contributed by atoms with Crippen LogP contribution in [0.15, 0.2) is 40.8 Å². The van der Waals surface area contributed by atoms with Gasteiger partial charge >= 0.3 is 0 Å². The zero-order valence-electron chi connectivity index (χ0n) is 19.7. The molecule has 0 aliphatic rings. The van der Waals surface area contributed by atoms with Crippen molar-refractivity contribution in [2.45, 2.75) is 51.1 Å². The molecule has 13 nitrogen and oxygen atoms in total. The predicted molar refractivity (Wildman–Crippen MR) is 122 cm³/mol. The maximum Gasteiger partial charge on any atom is 0.242 e. The van der Waals surface area contributed by atoms with Crippen LogP contribution in [0.25, 0.3) is 0 Å². The van der Waals surface area contributed by atoms with Crippen molar-refractivity contribution in [1.82, 2.24) is 20.7 Å². The van der Waals surface area contributed by atoms with Crippen LogP contribution in [0, 0.1) is 16.0 Å². The third-order valence-corrected chi connectivity index (χ3v) is 5.39. The van der Waals surface area contributed by atoms with Gasteiger partial charge in [0.25, 0.3) is 0 Å². The van der Waals surface area contributed by atoms with E-state index in [0.717, 1.165) is 5.56 Å². The summed E-state index contributed by atoms with van der Waals surface area (Å²) in [5, 5.41) is 32.3. The van der Waals surface area contributed by atoms with Crippen LogP contribution in [0.2, 0.25) is 0 Å². The molecule has 0 aromatic heterocycles. The number of nitro groups is 1. The smallest absolute Gasteiger partial charge is 0.242 e. The topological polar surface area (TPSA) is 170 Å². The lowest BCUT2D eigenvalue weighted by Gasteiger charge is -2.28. The number of nitrogens with one attached hydrogen (secondary N) is 2. The predicted octanol–water partition coefficient (Wildman–Crippen LogP) is 1.36.